The van der Waals surface area contributed by atoms with Crippen LogP contribution in [0.1, 0.15) is 35.0 Å². The van der Waals surface area contributed by atoms with Crippen LogP contribution >= 0.6 is 11.3 Å². The summed E-state index contributed by atoms with van der Waals surface area (Å²) in [6, 6.07) is 10.2. The molecule has 1 heterocycles. The zero-order valence-corrected chi connectivity index (χ0v) is 11.4. The number of rotatable bonds is 5. The molecular weight excluding hydrogens is 254 g/mol. The molecule has 1 aromatic carbocycles. The van der Waals surface area contributed by atoms with E-state index in [0.29, 0.717) is 6.42 Å². The van der Waals surface area contributed by atoms with E-state index >= 15 is 0 Å². The van der Waals surface area contributed by atoms with Crippen molar-refractivity contribution in [3.8, 4) is 6.07 Å². The molecule has 1 aliphatic carbocycles. The van der Waals surface area contributed by atoms with Gasteiger partial charge in [0, 0.05) is 17.0 Å². The van der Waals surface area contributed by atoms with Crippen molar-refractivity contribution in [3.05, 3.63) is 45.9 Å². The predicted octanol–water partition coefficient (Wildman–Crippen LogP) is 3.70. The molecule has 4 heteroatoms. The third-order valence-electron chi connectivity index (χ3n) is 3.21. The fourth-order valence-corrected chi connectivity index (χ4v) is 2.94. The lowest BCUT2D eigenvalue weighted by Crippen LogP contribution is -2.00. The highest BCUT2D eigenvalue weighted by atomic mass is 32.1. The quantitative estimate of drug-likeness (QED) is 0.900. The Balaban J connectivity index is 1.57. The molecule has 19 heavy (non-hydrogen) atoms. The van der Waals surface area contributed by atoms with Gasteiger partial charge in [-0.2, -0.15) is 5.26 Å². The highest BCUT2D eigenvalue weighted by Gasteiger charge is 2.26. The van der Waals surface area contributed by atoms with Crippen LogP contribution in [-0.2, 0) is 13.0 Å². The van der Waals surface area contributed by atoms with Gasteiger partial charge < -0.3 is 5.32 Å². The predicted molar refractivity (Wildman–Crippen MR) is 77.2 cm³/mol. The third kappa shape index (κ3) is 3.12. The van der Waals surface area contributed by atoms with Crippen molar-refractivity contribution in [2.45, 2.75) is 31.7 Å². The van der Waals surface area contributed by atoms with Gasteiger partial charge in [0.25, 0.3) is 0 Å². The van der Waals surface area contributed by atoms with Gasteiger partial charge in [-0.15, -0.1) is 11.3 Å². The van der Waals surface area contributed by atoms with E-state index in [1.165, 1.54) is 17.8 Å². The van der Waals surface area contributed by atoms with E-state index in [-0.39, 0.29) is 0 Å². The number of hydrogen-bond donors (Lipinski definition) is 1. The molecule has 2 aromatic rings. The minimum atomic E-state index is 0.469. The second kappa shape index (κ2) is 5.41. The van der Waals surface area contributed by atoms with E-state index in [9.17, 15) is 0 Å². The number of hydrogen-bond acceptors (Lipinski definition) is 4. The van der Waals surface area contributed by atoms with Gasteiger partial charge in [-0.25, -0.2) is 4.98 Å². The van der Waals surface area contributed by atoms with Crippen molar-refractivity contribution < 1.29 is 0 Å². The first-order chi connectivity index (χ1) is 9.35. The van der Waals surface area contributed by atoms with Crippen LogP contribution in [0.5, 0.6) is 0 Å². The highest BCUT2D eigenvalue weighted by Crippen LogP contribution is 2.41. The molecule has 0 atom stereocenters. The summed E-state index contributed by atoms with van der Waals surface area (Å²) in [6.07, 6.45) is 3.08. The van der Waals surface area contributed by atoms with E-state index in [1.54, 1.807) is 11.3 Å². The van der Waals surface area contributed by atoms with Crippen LogP contribution in [0.15, 0.2) is 29.6 Å². The molecule has 96 valence electrons. The van der Waals surface area contributed by atoms with Gasteiger partial charge in [0.1, 0.15) is 0 Å². The van der Waals surface area contributed by atoms with Gasteiger partial charge in [0.2, 0.25) is 0 Å². The topological polar surface area (TPSA) is 48.7 Å². The first-order valence-electron chi connectivity index (χ1n) is 6.49. The minimum absolute atomic E-state index is 0.469. The Kier molecular flexibility index (Phi) is 3.47. The second-order valence-corrected chi connectivity index (χ2v) is 5.73. The summed E-state index contributed by atoms with van der Waals surface area (Å²) in [5.41, 5.74) is 3.24. The molecule has 1 fully saturated rings. The zero-order chi connectivity index (χ0) is 13.1. The van der Waals surface area contributed by atoms with Crippen molar-refractivity contribution in [2.75, 3.05) is 5.32 Å². The van der Waals surface area contributed by atoms with Crippen LogP contribution in [-0.4, -0.2) is 4.98 Å². The standard InChI is InChI=1S/C15H15N3S/c16-8-7-11-1-5-13(6-2-11)17-9-14-10-19-15(18-14)12-3-4-12/h1-2,5-6,10,12,17H,3-4,7,9H2. The van der Waals surface area contributed by atoms with Gasteiger partial charge >= 0.3 is 0 Å². The van der Waals surface area contributed by atoms with Crippen molar-refractivity contribution in [2.24, 2.45) is 0 Å². The van der Waals surface area contributed by atoms with Crippen LogP contribution in [0.4, 0.5) is 5.69 Å². The van der Waals surface area contributed by atoms with E-state index in [4.69, 9.17) is 5.26 Å². The molecule has 3 nitrogen and oxygen atoms in total. The lowest BCUT2D eigenvalue weighted by atomic mass is 10.1. The number of nitrogens with zero attached hydrogens (tertiary/aromatic N) is 2. The van der Waals surface area contributed by atoms with Gasteiger partial charge in [0.05, 0.1) is 29.7 Å². The second-order valence-electron chi connectivity index (χ2n) is 4.84. The molecule has 0 radical (unpaired) electrons. The molecule has 1 aliphatic rings. The fourth-order valence-electron chi connectivity index (χ4n) is 1.95. The number of thiazole rings is 1. The van der Waals surface area contributed by atoms with Crippen molar-refractivity contribution in [3.63, 3.8) is 0 Å². The van der Waals surface area contributed by atoms with Crippen LogP contribution in [0.25, 0.3) is 0 Å². The summed E-state index contributed by atoms with van der Waals surface area (Å²) in [6.45, 7) is 0.765. The number of aromatic nitrogens is 1. The maximum atomic E-state index is 8.62. The third-order valence-corrected chi connectivity index (χ3v) is 4.26. The van der Waals surface area contributed by atoms with Gasteiger partial charge in [-0.1, -0.05) is 12.1 Å². The summed E-state index contributed by atoms with van der Waals surface area (Å²) in [7, 11) is 0. The molecule has 0 saturated heterocycles. The Labute approximate surface area is 116 Å². The Morgan fingerprint density at radius 3 is 2.79 bits per heavy atom. The molecule has 1 N–H and O–H groups in total. The van der Waals surface area contributed by atoms with Crippen molar-refractivity contribution in [1.29, 1.82) is 5.26 Å². The molecule has 1 aromatic heterocycles. The Morgan fingerprint density at radius 1 is 1.32 bits per heavy atom. The van der Waals surface area contributed by atoms with Gasteiger partial charge in [-0.3, -0.25) is 0 Å². The monoisotopic (exact) mass is 269 g/mol. The summed E-state index contributed by atoms with van der Waals surface area (Å²) in [5, 5.41) is 15.4. The summed E-state index contributed by atoms with van der Waals surface area (Å²) < 4.78 is 0. The maximum absolute atomic E-state index is 8.62. The molecule has 1 saturated carbocycles. The normalized spacial score (nSPS) is 14.1. The molecule has 0 bridgehead atoms. The Bertz CT molecular complexity index is 591. The van der Waals surface area contributed by atoms with Crippen molar-refractivity contribution in [1.82, 2.24) is 4.98 Å². The Morgan fingerprint density at radius 2 is 2.11 bits per heavy atom. The van der Waals surface area contributed by atoms with Crippen LogP contribution in [0.2, 0.25) is 0 Å². The number of nitriles is 1. The average Bonchev–Trinajstić information content (AvgIpc) is 3.18. The van der Waals surface area contributed by atoms with E-state index < -0.39 is 0 Å². The fraction of sp³-hybridized carbons (Fsp3) is 0.333. The van der Waals surface area contributed by atoms with E-state index in [2.05, 4.69) is 21.8 Å². The lowest BCUT2D eigenvalue weighted by Gasteiger charge is -2.04. The number of anilines is 1. The molecule has 0 amide bonds. The smallest absolute Gasteiger partial charge is 0.0960 e. The van der Waals surface area contributed by atoms with Crippen molar-refractivity contribution >= 4 is 17.0 Å². The molecule has 0 unspecified atom stereocenters. The van der Waals surface area contributed by atoms with Crippen LogP contribution in [0, 0.1) is 11.3 Å². The SMILES string of the molecule is N#CCc1ccc(NCc2csc(C3CC3)n2)cc1. The van der Waals surface area contributed by atoms with E-state index in [0.717, 1.165) is 29.4 Å². The lowest BCUT2D eigenvalue weighted by molar-refractivity contribution is 1.00. The van der Waals surface area contributed by atoms with E-state index in [1.807, 2.05) is 24.3 Å². The number of benzene rings is 1. The summed E-state index contributed by atoms with van der Waals surface area (Å²) in [5.74, 6) is 0.740. The highest BCUT2D eigenvalue weighted by molar-refractivity contribution is 7.09. The van der Waals surface area contributed by atoms with Crippen LogP contribution < -0.4 is 5.32 Å². The molecule has 0 spiro atoms. The maximum Gasteiger partial charge on any atom is 0.0960 e. The average molecular weight is 269 g/mol. The number of nitrogens with one attached hydrogen (secondary N) is 1. The van der Waals surface area contributed by atoms with Gasteiger partial charge in [0.15, 0.2) is 0 Å². The minimum Gasteiger partial charge on any atom is -0.379 e. The Hall–Kier alpha value is -1.86. The summed E-state index contributed by atoms with van der Waals surface area (Å²) >= 11 is 1.78. The zero-order valence-electron chi connectivity index (χ0n) is 10.6. The van der Waals surface area contributed by atoms with Crippen LogP contribution in [0.3, 0.4) is 0 Å². The molecule has 0 aliphatic heterocycles. The summed E-state index contributed by atoms with van der Waals surface area (Å²) in [4.78, 5) is 4.65. The molecule has 3 rings (SSSR count). The first-order valence-corrected chi connectivity index (χ1v) is 7.37. The largest absolute Gasteiger partial charge is 0.379 e. The first kappa shape index (κ1) is 12.2. The molecular formula is C15H15N3S. The van der Waals surface area contributed by atoms with Gasteiger partial charge in [-0.05, 0) is 30.5 Å².